The Morgan fingerprint density at radius 2 is 2.05 bits per heavy atom. The van der Waals surface area contributed by atoms with E-state index in [-0.39, 0.29) is 16.0 Å². The van der Waals surface area contributed by atoms with Crippen LogP contribution in [0.15, 0.2) is 46.7 Å². The Labute approximate surface area is 132 Å². The van der Waals surface area contributed by atoms with Crippen molar-refractivity contribution in [3.05, 3.63) is 56.8 Å². The molecule has 2 aromatic rings. The minimum Gasteiger partial charge on any atom is -0.258 e. The fourth-order valence-corrected chi connectivity index (χ4v) is 4.48. The van der Waals surface area contributed by atoms with Gasteiger partial charge in [-0.1, -0.05) is 12.1 Å². The molecule has 116 valence electrons. The number of benzene rings is 1. The van der Waals surface area contributed by atoms with Crippen molar-refractivity contribution in [2.45, 2.75) is 23.2 Å². The minimum atomic E-state index is -3.75. The van der Waals surface area contributed by atoms with Gasteiger partial charge in [0.05, 0.1) is 9.82 Å². The lowest BCUT2D eigenvalue weighted by Gasteiger charge is -2.14. The van der Waals surface area contributed by atoms with E-state index >= 15 is 0 Å². The molecule has 1 N–H and O–H groups in total. The molecule has 1 aliphatic rings. The molecule has 0 saturated heterocycles. The van der Waals surface area contributed by atoms with Gasteiger partial charge in [-0.05, 0) is 30.4 Å². The summed E-state index contributed by atoms with van der Waals surface area (Å²) in [6, 6.07) is 9.05. The maximum absolute atomic E-state index is 12.3. The van der Waals surface area contributed by atoms with Crippen molar-refractivity contribution in [2.24, 2.45) is 0 Å². The third-order valence-electron chi connectivity index (χ3n) is 3.84. The lowest BCUT2D eigenvalue weighted by atomic mass is 10.1. The van der Waals surface area contributed by atoms with Crippen molar-refractivity contribution in [3.8, 4) is 0 Å². The molecule has 0 unspecified atom stereocenters. The zero-order chi connectivity index (χ0) is 15.8. The van der Waals surface area contributed by atoms with E-state index in [4.69, 9.17) is 0 Å². The first kappa shape index (κ1) is 15.1. The second-order valence-corrected chi connectivity index (χ2v) is 8.05. The average Bonchev–Trinajstić information content (AvgIpc) is 3.09. The first-order chi connectivity index (χ1) is 10.4. The molecule has 0 aliphatic heterocycles. The predicted octanol–water partition coefficient (Wildman–Crippen LogP) is 2.67. The molecule has 1 aliphatic carbocycles. The standard InChI is InChI=1S/C14H14N2O4S2/c17-16(18)11-3-1-4-12(9-11)22(19,20)15-10-14(6-7-14)13-5-2-8-21-13/h1-5,8-9,15H,6-7,10H2. The van der Waals surface area contributed by atoms with Crippen LogP contribution in [-0.4, -0.2) is 19.9 Å². The number of nitrogens with one attached hydrogen (secondary N) is 1. The number of nitro benzene ring substituents is 1. The molecular weight excluding hydrogens is 324 g/mol. The smallest absolute Gasteiger partial charge is 0.258 e. The van der Waals surface area contributed by atoms with Crippen molar-refractivity contribution in [3.63, 3.8) is 0 Å². The number of thiophene rings is 1. The molecular formula is C14H14N2O4S2. The minimum absolute atomic E-state index is 0.0799. The van der Waals surface area contributed by atoms with Crippen LogP contribution in [0.4, 0.5) is 5.69 Å². The van der Waals surface area contributed by atoms with Gasteiger partial charge < -0.3 is 0 Å². The van der Waals surface area contributed by atoms with E-state index in [1.54, 1.807) is 11.3 Å². The third-order valence-corrected chi connectivity index (χ3v) is 6.35. The number of nitro groups is 1. The Morgan fingerprint density at radius 3 is 2.64 bits per heavy atom. The van der Waals surface area contributed by atoms with Gasteiger partial charge in [0.25, 0.3) is 5.69 Å². The van der Waals surface area contributed by atoms with Crippen LogP contribution in [0.25, 0.3) is 0 Å². The van der Waals surface area contributed by atoms with Gasteiger partial charge in [0.1, 0.15) is 0 Å². The van der Waals surface area contributed by atoms with Crippen LogP contribution in [-0.2, 0) is 15.4 Å². The van der Waals surface area contributed by atoms with E-state index in [0.717, 1.165) is 18.9 Å². The highest BCUT2D eigenvalue weighted by Gasteiger charge is 2.45. The second-order valence-electron chi connectivity index (χ2n) is 5.34. The lowest BCUT2D eigenvalue weighted by molar-refractivity contribution is -0.385. The molecule has 0 bridgehead atoms. The van der Waals surface area contributed by atoms with Crippen LogP contribution in [0.5, 0.6) is 0 Å². The maximum atomic E-state index is 12.3. The third kappa shape index (κ3) is 2.90. The van der Waals surface area contributed by atoms with E-state index in [1.165, 1.54) is 23.1 Å². The summed E-state index contributed by atoms with van der Waals surface area (Å²) in [4.78, 5) is 11.2. The molecule has 8 heteroatoms. The quantitative estimate of drug-likeness (QED) is 0.648. The van der Waals surface area contributed by atoms with Crippen LogP contribution in [0.3, 0.4) is 0 Å². The van der Waals surface area contributed by atoms with E-state index in [2.05, 4.69) is 4.72 Å². The highest BCUT2D eigenvalue weighted by atomic mass is 32.2. The van der Waals surface area contributed by atoms with Crippen molar-refractivity contribution < 1.29 is 13.3 Å². The van der Waals surface area contributed by atoms with E-state index in [1.807, 2.05) is 17.5 Å². The van der Waals surface area contributed by atoms with Gasteiger partial charge in [-0.15, -0.1) is 11.3 Å². The summed E-state index contributed by atoms with van der Waals surface area (Å²) in [5.41, 5.74) is -0.343. The molecule has 1 aromatic carbocycles. The van der Waals surface area contributed by atoms with Crippen LogP contribution < -0.4 is 4.72 Å². The van der Waals surface area contributed by atoms with E-state index in [0.29, 0.717) is 6.54 Å². The molecule has 1 fully saturated rings. The number of sulfonamides is 1. The molecule has 0 atom stereocenters. The predicted molar refractivity (Wildman–Crippen MR) is 83.5 cm³/mol. The van der Waals surface area contributed by atoms with Crippen LogP contribution in [0.2, 0.25) is 0 Å². The van der Waals surface area contributed by atoms with E-state index in [9.17, 15) is 18.5 Å². The summed E-state index contributed by atoms with van der Waals surface area (Å²) in [6.07, 6.45) is 1.90. The Hall–Kier alpha value is -1.77. The molecule has 22 heavy (non-hydrogen) atoms. The molecule has 6 nitrogen and oxygen atoms in total. The molecule has 1 heterocycles. The van der Waals surface area contributed by atoms with Crippen molar-refractivity contribution in [1.82, 2.24) is 4.72 Å². The van der Waals surface area contributed by atoms with Crippen LogP contribution in [0, 0.1) is 10.1 Å². The molecule has 3 rings (SSSR count). The largest absolute Gasteiger partial charge is 0.270 e. The first-order valence-electron chi connectivity index (χ1n) is 6.71. The van der Waals surface area contributed by atoms with Gasteiger partial charge in [0.15, 0.2) is 0 Å². The van der Waals surface area contributed by atoms with Gasteiger partial charge in [0, 0.05) is 29.0 Å². The van der Waals surface area contributed by atoms with Gasteiger partial charge in [-0.3, -0.25) is 10.1 Å². The Kier molecular flexibility index (Phi) is 3.75. The number of rotatable bonds is 6. The van der Waals surface area contributed by atoms with Gasteiger partial charge in [0.2, 0.25) is 10.0 Å². The Balaban J connectivity index is 1.77. The molecule has 1 saturated carbocycles. The zero-order valence-corrected chi connectivity index (χ0v) is 13.2. The summed E-state index contributed by atoms with van der Waals surface area (Å²) in [6.45, 7) is 0.318. The van der Waals surface area contributed by atoms with Crippen molar-refractivity contribution in [1.29, 1.82) is 0 Å². The summed E-state index contributed by atoms with van der Waals surface area (Å²) in [5.74, 6) is 0. The second kappa shape index (κ2) is 5.45. The van der Waals surface area contributed by atoms with Crippen LogP contribution >= 0.6 is 11.3 Å². The number of hydrogen-bond acceptors (Lipinski definition) is 5. The number of hydrogen-bond donors (Lipinski definition) is 1. The van der Waals surface area contributed by atoms with Gasteiger partial charge in [-0.2, -0.15) is 0 Å². The monoisotopic (exact) mass is 338 g/mol. The molecule has 0 spiro atoms. The normalized spacial score (nSPS) is 16.4. The lowest BCUT2D eigenvalue weighted by Crippen LogP contribution is -2.31. The topological polar surface area (TPSA) is 89.3 Å². The highest BCUT2D eigenvalue weighted by Crippen LogP contribution is 2.49. The number of non-ortho nitro benzene ring substituents is 1. The highest BCUT2D eigenvalue weighted by molar-refractivity contribution is 7.89. The SMILES string of the molecule is O=[N+]([O-])c1cccc(S(=O)(=O)NCC2(c3cccs3)CC2)c1. The van der Waals surface area contributed by atoms with Crippen molar-refractivity contribution in [2.75, 3.05) is 6.54 Å². The van der Waals surface area contributed by atoms with Gasteiger partial charge in [-0.25, -0.2) is 13.1 Å². The van der Waals surface area contributed by atoms with Crippen LogP contribution in [0.1, 0.15) is 17.7 Å². The van der Waals surface area contributed by atoms with Gasteiger partial charge >= 0.3 is 0 Å². The maximum Gasteiger partial charge on any atom is 0.270 e. The summed E-state index contributed by atoms with van der Waals surface area (Å²) < 4.78 is 27.2. The fraction of sp³-hybridized carbons (Fsp3) is 0.286. The number of nitrogens with zero attached hydrogens (tertiary/aromatic N) is 1. The average molecular weight is 338 g/mol. The summed E-state index contributed by atoms with van der Waals surface area (Å²) in [7, 11) is -3.75. The fourth-order valence-electron chi connectivity index (χ4n) is 2.32. The zero-order valence-electron chi connectivity index (χ0n) is 11.6. The molecule has 0 amide bonds. The summed E-state index contributed by atoms with van der Waals surface area (Å²) >= 11 is 1.62. The molecule has 0 radical (unpaired) electrons. The Morgan fingerprint density at radius 1 is 1.27 bits per heavy atom. The Bertz CT molecular complexity index is 796. The van der Waals surface area contributed by atoms with E-state index < -0.39 is 14.9 Å². The van der Waals surface area contributed by atoms with Crippen molar-refractivity contribution >= 4 is 27.0 Å². The first-order valence-corrected chi connectivity index (χ1v) is 9.07. The summed E-state index contributed by atoms with van der Waals surface area (Å²) in [5, 5.41) is 12.7. The molecule has 1 aromatic heterocycles.